The van der Waals surface area contributed by atoms with Gasteiger partial charge in [0.2, 0.25) is 0 Å². The van der Waals surface area contributed by atoms with Gasteiger partial charge in [0.25, 0.3) is 0 Å². The Bertz CT molecular complexity index is 295. The second-order valence-electron chi connectivity index (χ2n) is 3.59. The molecule has 3 atom stereocenters. The van der Waals surface area contributed by atoms with Crippen LogP contribution in [0.1, 0.15) is 13.3 Å². The van der Waals surface area contributed by atoms with Crippen LogP contribution in [0.15, 0.2) is 16.8 Å². The van der Waals surface area contributed by atoms with E-state index in [1.165, 1.54) is 6.92 Å². The third-order valence-electron chi connectivity index (χ3n) is 2.49. The van der Waals surface area contributed by atoms with E-state index in [1.807, 2.05) is 12.4 Å². The molecule has 70 valence electrons. The number of carbonyl (C=O) groups is 1. The number of Topliss-reactive ketones (excluding diaryl/α,β-unsaturated/α-hetero) is 1. The van der Waals surface area contributed by atoms with E-state index >= 15 is 0 Å². The van der Waals surface area contributed by atoms with Crippen LogP contribution in [0.25, 0.3) is 0 Å². The minimum Gasteiger partial charge on any atom is -0.321 e. The van der Waals surface area contributed by atoms with Crippen LogP contribution in [0.4, 0.5) is 0 Å². The number of nitrogens with zero attached hydrogens (tertiary/aromatic N) is 1. The molecule has 0 bridgehead atoms. The lowest BCUT2D eigenvalue weighted by Gasteiger charge is -2.10. The second kappa shape index (κ2) is 3.05. The normalized spacial score (nSPS) is 32.0. The third kappa shape index (κ3) is 1.68. The molecule has 0 aromatic rings. The summed E-state index contributed by atoms with van der Waals surface area (Å²) in [6.07, 6.45) is 4.32. The number of fused-ring (bicyclic) bond motifs is 1. The number of rotatable bonds is 3. The maximum absolute atomic E-state index is 10.9. The summed E-state index contributed by atoms with van der Waals surface area (Å²) in [4.78, 5) is 15.0. The van der Waals surface area contributed by atoms with Crippen molar-refractivity contribution in [3.8, 4) is 0 Å². The largest absolute Gasteiger partial charge is 0.321 e. The van der Waals surface area contributed by atoms with Crippen LogP contribution < -0.4 is 11.1 Å². The minimum absolute atomic E-state index is 0.0349. The van der Waals surface area contributed by atoms with E-state index in [4.69, 9.17) is 5.73 Å². The Labute approximate surface area is 76.9 Å². The Hall–Kier alpha value is -1.00. The number of hydrogen-bond donors (Lipinski definition) is 2. The van der Waals surface area contributed by atoms with Crippen molar-refractivity contribution in [2.45, 2.75) is 31.5 Å². The lowest BCUT2D eigenvalue weighted by atomic mass is 10.00. The maximum Gasteiger partial charge on any atom is 0.146 e. The van der Waals surface area contributed by atoms with Gasteiger partial charge < -0.3 is 5.73 Å². The number of hydrogen-bond acceptors (Lipinski definition) is 4. The van der Waals surface area contributed by atoms with Gasteiger partial charge in [-0.25, -0.2) is 0 Å². The molecule has 0 saturated carbocycles. The van der Waals surface area contributed by atoms with Gasteiger partial charge in [-0.05, 0) is 18.9 Å². The molecule has 2 aliphatic heterocycles. The average molecular weight is 179 g/mol. The summed E-state index contributed by atoms with van der Waals surface area (Å²) in [5.74, 6) is 0.0349. The van der Waals surface area contributed by atoms with E-state index in [0.717, 1.165) is 5.57 Å². The highest BCUT2D eigenvalue weighted by Crippen LogP contribution is 2.25. The Morgan fingerprint density at radius 1 is 1.85 bits per heavy atom. The lowest BCUT2D eigenvalue weighted by molar-refractivity contribution is -0.118. The summed E-state index contributed by atoms with van der Waals surface area (Å²) >= 11 is 0. The summed E-state index contributed by atoms with van der Waals surface area (Å²) in [5.41, 5.74) is 6.81. The fourth-order valence-corrected chi connectivity index (χ4v) is 1.51. The highest BCUT2D eigenvalue weighted by molar-refractivity contribution is 5.82. The van der Waals surface area contributed by atoms with E-state index in [9.17, 15) is 4.79 Å². The molecule has 2 aliphatic rings. The van der Waals surface area contributed by atoms with Gasteiger partial charge in [0.05, 0.1) is 18.1 Å². The Balaban J connectivity index is 1.98. The van der Waals surface area contributed by atoms with Gasteiger partial charge in [-0.1, -0.05) is 0 Å². The first kappa shape index (κ1) is 8.59. The molecule has 4 heteroatoms. The van der Waals surface area contributed by atoms with Gasteiger partial charge in [-0.2, -0.15) is 0 Å². The second-order valence-corrected chi connectivity index (χ2v) is 3.59. The van der Waals surface area contributed by atoms with Crippen LogP contribution in [0.2, 0.25) is 0 Å². The summed E-state index contributed by atoms with van der Waals surface area (Å²) in [6, 6.07) is 0.407. The first-order valence-corrected chi connectivity index (χ1v) is 4.43. The van der Waals surface area contributed by atoms with Gasteiger partial charge in [0.1, 0.15) is 5.78 Å². The van der Waals surface area contributed by atoms with Crippen LogP contribution in [0.3, 0.4) is 0 Å². The van der Waals surface area contributed by atoms with Crippen molar-refractivity contribution in [2.24, 2.45) is 10.7 Å². The highest BCUT2D eigenvalue weighted by Gasteiger charge is 2.39. The maximum atomic E-state index is 10.9. The van der Waals surface area contributed by atoms with Crippen LogP contribution in [-0.4, -0.2) is 30.1 Å². The summed E-state index contributed by atoms with van der Waals surface area (Å²) in [5, 5.41) is 3.24. The van der Waals surface area contributed by atoms with E-state index in [-0.39, 0.29) is 11.8 Å². The first-order chi connectivity index (χ1) is 6.18. The molecule has 1 unspecified atom stereocenters. The van der Waals surface area contributed by atoms with Crippen molar-refractivity contribution in [3.63, 3.8) is 0 Å². The minimum atomic E-state index is -0.373. The number of aliphatic imine (C=N–C) groups is 1. The summed E-state index contributed by atoms with van der Waals surface area (Å²) in [6.45, 7) is 1.52. The number of carbonyl (C=O) groups excluding carboxylic acids is 1. The van der Waals surface area contributed by atoms with Crippen LogP contribution in [0.5, 0.6) is 0 Å². The summed E-state index contributed by atoms with van der Waals surface area (Å²) in [7, 11) is 0. The molecule has 3 N–H and O–H groups in total. The molecule has 0 aromatic carbocycles. The van der Waals surface area contributed by atoms with Gasteiger partial charge in [-0.3, -0.25) is 15.1 Å². The van der Waals surface area contributed by atoms with Crippen molar-refractivity contribution in [1.29, 1.82) is 0 Å². The lowest BCUT2D eigenvalue weighted by Crippen LogP contribution is -2.29. The molecule has 0 spiro atoms. The van der Waals surface area contributed by atoms with Gasteiger partial charge in [0.15, 0.2) is 0 Å². The van der Waals surface area contributed by atoms with Crippen LogP contribution in [-0.2, 0) is 4.79 Å². The topological polar surface area (TPSA) is 77.4 Å². The first-order valence-electron chi connectivity index (χ1n) is 4.43. The average Bonchev–Trinajstić information content (AvgIpc) is 2.83. The zero-order chi connectivity index (χ0) is 9.42. The predicted octanol–water partition coefficient (Wildman–Crippen LogP) is -0.398. The zero-order valence-corrected chi connectivity index (χ0v) is 7.53. The Morgan fingerprint density at radius 3 is 3.31 bits per heavy atom. The van der Waals surface area contributed by atoms with Gasteiger partial charge >= 0.3 is 0 Å². The fourth-order valence-electron chi connectivity index (χ4n) is 1.51. The monoisotopic (exact) mass is 179 g/mol. The molecular weight excluding hydrogens is 166 g/mol. The van der Waals surface area contributed by atoms with Crippen LogP contribution >= 0.6 is 0 Å². The predicted molar refractivity (Wildman–Crippen MR) is 50.6 cm³/mol. The molecule has 2 heterocycles. The van der Waals surface area contributed by atoms with E-state index in [1.54, 1.807) is 0 Å². The van der Waals surface area contributed by atoms with E-state index in [2.05, 4.69) is 10.3 Å². The smallest absolute Gasteiger partial charge is 0.146 e. The molecule has 0 radical (unpaired) electrons. The molecule has 0 aliphatic carbocycles. The van der Waals surface area contributed by atoms with Crippen molar-refractivity contribution in [1.82, 2.24) is 5.32 Å². The SMILES string of the molecule is CC(=O)[C@@H](N)CC1=CN=C[C@@H]2NC12. The van der Waals surface area contributed by atoms with Gasteiger partial charge in [0, 0.05) is 12.4 Å². The molecular formula is C9H13N3O. The van der Waals surface area contributed by atoms with Crippen molar-refractivity contribution in [2.75, 3.05) is 0 Å². The Morgan fingerprint density at radius 2 is 2.62 bits per heavy atom. The number of ketones is 1. The number of nitrogens with one attached hydrogen (secondary N) is 1. The van der Waals surface area contributed by atoms with Gasteiger partial charge in [-0.15, -0.1) is 0 Å². The van der Waals surface area contributed by atoms with E-state index in [0.29, 0.717) is 18.5 Å². The zero-order valence-electron chi connectivity index (χ0n) is 7.53. The quantitative estimate of drug-likeness (QED) is 0.579. The van der Waals surface area contributed by atoms with Crippen LogP contribution in [0, 0.1) is 0 Å². The number of nitrogens with two attached hydrogens (primary N) is 1. The molecule has 1 saturated heterocycles. The molecule has 0 amide bonds. The summed E-state index contributed by atoms with van der Waals surface area (Å²) < 4.78 is 0. The third-order valence-corrected chi connectivity index (χ3v) is 2.49. The van der Waals surface area contributed by atoms with Crippen molar-refractivity contribution < 1.29 is 4.79 Å². The molecule has 0 aromatic heterocycles. The molecule has 1 fully saturated rings. The fraction of sp³-hybridized carbons (Fsp3) is 0.556. The molecule has 13 heavy (non-hydrogen) atoms. The Kier molecular flexibility index (Phi) is 2.01. The standard InChI is InChI=1S/C9H13N3O/c1-5(13)7(10)2-6-3-11-4-8-9(6)12-8/h3-4,7-9,12H,2,10H2,1H3/t7-,8-,9?/m0/s1. The molecule has 2 rings (SSSR count). The highest BCUT2D eigenvalue weighted by atomic mass is 16.1. The van der Waals surface area contributed by atoms with E-state index < -0.39 is 0 Å². The van der Waals surface area contributed by atoms with Crippen molar-refractivity contribution >= 4 is 12.0 Å². The van der Waals surface area contributed by atoms with Crippen molar-refractivity contribution in [3.05, 3.63) is 11.8 Å². The molecule has 4 nitrogen and oxygen atoms in total.